The maximum atomic E-state index is 13.1. The van der Waals surface area contributed by atoms with Crippen LogP contribution in [-0.2, 0) is 5.41 Å². The van der Waals surface area contributed by atoms with E-state index in [2.05, 4.69) is 19.2 Å². The van der Waals surface area contributed by atoms with Gasteiger partial charge in [-0.15, -0.1) is 0 Å². The lowest BCUT2D eigenvalue weighted by Crippen LogP contribution is -2.27. The maximum absolute atomic E-state index is 13.1. The highest BCUT2D eigenvalue weighted by Gasteiger charge is 2.25. The second-order valence-corrected chi connectivity index (χ2v) is 5.82. The molecular formula is C15H22FN. The quantitative estimate of drug-likeness (QED) is 0.823. The lowest BCUT2D eigenvalue weighted by atomic mass is 9.79. The van der Waals surface area contributed by atoms with Crippen LogP contribution in [0.3, 0.4) is 0 Å². The molecular weight excluding hydrogens is 213 g/mol. The molecule has 0 heterocycles. The van der Waals surface area contributed by atoms with Gasteiger partial charge in [0.1, 0.15) is 5.82 Å². The van der Waals surface area contributed by atoms with Crippen LogP contribution in [0.15, 0.2) is 18.2 Å². The van der Waals surface area contributed by atoms with E-state index in [1.54, 1.807) is 12.1 Å². The minimum absolute atomic E-state index is 0.111. The monoisotopic (exact) mass is 235 g/mol. The predicted octanol–water partition coefficient (Wildman–Crippen LogP) is 3.55. The average molecular weight is 235 g/mol. The average Bonchev–Trinajstić information content (AvgIpc) is 3.00. The summed E-state index contributed by atoms with van der Waals surface area (Å²) in [5.41, 5.74) is 2.43. The zero-order valence-electron chi connectivity index (χ0n) is 11.0. The summed E-state index contributed by atoms with van der Waals surface area (Å²) in [5.74, 6) is -0.141. The Labute approximate surface area is 103 Å². The van der Waals surface area contributed by atoms with Gasteiger partial charge in [0.05, 0.1) is 0 Å². The Morgan fingerprint density at radius 2 is 2.06 bits per heavy atom. The minimum Gasteiger partial charge on any atom is -0.314 e. The molecule has 0 amide bonds. The molecule has 0 aromatic heterocycles. The smallest absolute Gasteiger partial charge is 0.123 e. The molecule has 2 heteroatoms. The molecule has 0 spiro atoms. The van der Waals surface area contributed by atoms with Crippen molar-refractivity contribution < 1.29 is 4.39 Å². The van der Waals surface area contributed by atoms with Crippen molar-refractivity contribution in [1.82, 2.24) is 5.32 Å². The van der Waals surface area contributed by atoms with E-state index in [-0.39, 0.29) is 11.2 Å². The van der Waals surface area contributed by atoms with Crippen LogP contribution in [0, 0.1) is 12.7 Å². The summed E-state index contributed by atoms with van der Waals surface area (Å²) in [6.07, 6.45) is 3.75. The van der Waals surface area contributed by atoms with Crippen LogP contribution in [0.25, 0.3) is 0 Å². The number of benzene rings is 1. The van der Waals surface area contributed by atoms with Crippen LogP contribution in [0.4, 0.5) is 4.39 Å². The zero-order valence-corrected chi connectivity index (χ0v) is 11.0. The first kappa shape index (κ1) is 12.6. The molecule has 94 valence electrons. The van der Waals surface area contributed by atoms with Gasteiger partial charge in [-0.25, -0.2) is 4.39 Å². The van der Waals surface area contributed by atoms with E-state index in [1.165, 1.54) is 18.4 Å². The number of hydrogen-bond acceptors (Lipinski definition) is 1. The van der Waals surface area contributed by atoms with Crippen LogP contribution in [0.5, 0.6) is 0 Å². The van der Waals surface area contributed by atoms with Gasteiger partial charge in [-0.1, -0.05) is 19.9 Å². The van der Waals surface area contributed by atoms with Gasteiger partial charge in [0, 0.05) is 6.04 Å². The number of nitrogens with one attached hydrogen (secondary N) is 1. The summed E-state index contributed by atoms with van der Waals surface area (Å²) in [7, 11) is 0. The Morgan fingerprint density at radius 1 is 1.35 bits per heavy atom. The topological polar surface area (TPSA) is 12.0 Å². The van der Waals surface area contributed by atoms with Crippen LogP contribution in [0.2, 0.25) is 0 Å². The van der Waals surface area contributed by atoms with Crippen LogP contribution in [-0.4, -0.2) is 12.6 Å². The minimum atomic E-state index is -0.141. The van der Waals surface area contributed by atoms with E-state index in [4.69, 9.17) is 0 Å². The first-order valence-electron chi connectivity index (χ1n) is 6.49. The SMILES string of the molecule is Cc1cc(F)ccc1C(C)(C)CCNC1CC1. The molecule has 0 radical (unpaired) electrons. The highest BCUT2D eigenvalue weighted by atomic mass is 19.1. The summed E-state index contributed by atoms with van der Waals surface area (Å²) in [4.78, 5) is 0. The van der Waals surface area contributed by atoms with E-state index in [1.807, 2.05) is 13.0 Å². The van der Waals surface area contributed by atoms with Gasteiger partial charge in [-0.05, 0) is 61.4 Å². The molecule has 0 bridgehead atoms. The van der Waals surface area contributed by atoms with Crippen LogP contribution >= 0.6 is 0 Å². The van der Waals surface area contributed by atoms with E-state index in [0.717, 1.165) is 24.6 Å². The molecule has 0 unspecified atom stereocenters. The molecule has 1 nitrogen and oxygen atoms in total. The maximum Gasteiger partial charge on any atom is 0.123 e. The molecule has 1 aromatic carbocycles. The molecule has 2 rings (SSSR count). The first-order valence-corrected chi connectivity index (χ1v) is 6.49. The standard InChI is InChI=1S/C15H22FN/c1-11-10-12(16)4-7-14(11)15(2,3)8-9-17-13-5-6-13/h4,7,10,13,17H,5-6,8-9H2,1-3H3. The van der Waals surface area contributed by atoms with Gasteiger partial charge in [-0.2, -0.15) is 0 Å². The highest BCUT2D eigenvalue weighted by molar-refractivity contribution is 5.32. The van der Waals surface area contributed by atoms with Gasteiger partial charge in [0.15, 0.2) is 0 Å². The van der Waals surface area contributed by atoms with E-state index in [0.29, 0.717) is 0 Å². The molecule has 1 aliphatic carbocycles. The fraction of sp³-hybridized carbons (Fsp3) is 0.600. The number of aryl methyl sites for hydroxylation is 1. The normalized spacial score (nSPS) is 16.2. The second kappa shape index (κ2) is 4.77. The summed E-state index contributed by atoms with van der Waals surface area (Å²) < 4.78 is 13.1. The molecule has 1 aliphatic rings. The molecule has 0 aliphatic heterocycles. The van der Waals surface area contributed by atoms with Gasteiger partial charge in [-0.3, -0.25) is 0 Å². The summed E-state index contributed by atoms with van der Waals surface area (Å²) >= 11 is 0. The lowest BCUT2D eigenvalue weighted by molar-refractivity contribution is 0.453. The third-order valence-corrected chi connectivity index (χ3v) is 3.68. The first-order chi connectivity index (χ1) is 7.99. The Bertz CT molecular complexity index is 394. The molecule has 1 N–H and O–H groups in total. The molecule has 1 aromatic rings. The largest absolute Gasteiger partial charge is 0.314 e. The molecule has 0 atom stereocenters. The van der Waals surface area contributed by atoms with Gasteiger partial charge < -0.3 is 5.32 Å². The van der Waals surface area contributed by atoms with Crippen LogP contribution < -0.4 is 5.32 Å². The summed E-state index contributed by atoms with van der Waals surface area (Å²) in [6.45, 7) is 7.52. The fourth-order valence-electron chi connectivity index (χ4n) is 2.40. The Hall–Kier alpha value is -0.890. The van der Waals surface area contributed by atoms with Crippen molar-refractivity contribution in [3.05, 3.63) is 35.1 Å². The lowest BCUT2D eigenvalue weighted by Gasteiger charge is -2.27. The highest BCUT2D eigenvalue weighted by Crippen LogP contribution is 2.30. The van der Waals surface area contributed by atoms with Crippen molar-refractivity contribution in [2.75, 3.05) is 6.54 Å². The Kier molecular flexibility index (Phi) is 3.53. The van der Waals surface area contributed by atoms with Crippen molar-refractivity contribution in [2.24, 2.45) is 0 Å². The van der Waals surface area contributed by atoms with Crippen molar-refractivity contribution in [3.8, 4) is 0 Å². The fourth-order valence-corrected chi connectivity index (χ4v) is 2.40. The van der Waals surface area contributed by atoms with Crippen molar-refractivity contribution >= 4 is 0 Å². The van der Waals surface area contributed by atoms with Gasteiger partial charge in [0.2, 0.25) is 0 Å². The summed E-state index contributed by atoms with van der Waals surface area (Å²) in [5, 5.41) is 3.54. The van der Waals surface area contributed by atoms with Crippen molar-refractivity contribution in [2.45, 2.75) is 51.5 Å². The third-order valence-electron chi connectivity index (χ3n) is 3.68. The third kappa shape index (κ3) is 3.29. The second-order valence-electron chi connectivity index (χ2n) is 5.82. The Morgan fingerprint density at radius 3 is 2.65 bits per heavy atom. The number of halogens is 1. The molecule has 1 saturated carbocycles. The molecule has 1 fully saturated rings. The van der Waals surface area contributed by atoms with Crippen molar-refractivity contribution in [3.63, 3.8) is 0 Å². The number of hydrogen-bond donors (Lipinski definition) is 1. The summed E-state index contributed by atoms with van der Waals surface area (Å²) in [6, 6.07) is 5.89. The predicted molar refractivity (Wildman–Crippen MR) is 69.8 cm³/mol. The van der Waals surface area contributed by atoms with E-state index >= 15 is 0 Å². The van der Waals surface area contributed by atoms with E-state index in [9.17, 15) is 4.39 Å². The number of rotatable bonds is 5. The van der Waals surface area contributed by atoms with Crippen LogP contribution in [0.1, 0.15) is 44.2 Å². The van der Waals surface area contributed by atoms with E-state index < -0.39 is 0 Å². The zero-order chi connectivity index (χ0) is 12.5. The molecule has 17 heavy (non-hydrogen) atoms. The van der Waals surface area contributed by atoms with Gasteiger partial charge >= 0.3 is 0 Å². The Balaban J connectivity index is 2.01. The van der Waals surface area contributed by atoms with Gasteiger partial charge in [0.25, 0.3) is 0 Å². The van der Waals surface area contributed by atoms with Crippen molar-refractivity contribution in [1.29, 1.82) is 0 Å². The molecule has 0 saturated heterocycles.